The van der Waals surface area contributed by atoms with Gasteiger partial charge in [0.05, 0.1) is 6.61 Å². The molecule has 0 heterocycles. The van der Waals surface area contributed by atoms with Crippen LogP contribution in [0.5, 0.6) is 0 Å². The third kappa shape index (κ3) is 5.11. The molecule has 17 heavy (non-hydrogen) atoms. The molecule has 1 aromatic carbocycles. The van der Waals surface area contributed by atoms with Crippen molar-refractivity contribution in [3.8, 4) is 0 Å². The van der Waals surface area contributed by atoms with E-state index in [-0.39, 0.29) is 12.2 Å². The first-order chi connectivity index (χ1) is 8.11. The summed E-state index contributed by atoms with van der Waals surface area (Å²) in [4.78, 5) is 21.7. The zero-order valence-corrected chi connectivity index (χ0v) is 9.94. The van der Waals surface area contributed by atoms with Gasteiger partial charge in [-0.05, 0) is 18.1 Å². The molecule has 0 fully saturated rings. The molecular formula is C14H16O3. The van der Waals surface area contributed by atoms with Crippen molar-refractivity contribution in [2.75, 3.05) is 6.61 Å². The van der Waals surface area contributed by atoms with Crippen LogP contribution in [0.15, 0.2) is 30.8 Å². The highest BCUT2D eigenvalue weighted by Gasteiger charge is 2.05. The number of carbonyl (C=O) groups excluding carboxylic acids is 2. The van der Waals surface area contributed by atoms with Crippen molar-refractivity contribution >= 4 is 17.8 Å². The Morgan fingerprint density at radius 3 is 2.47 bits per heavy atom. The Balaban J connectivity index is 2.32. The average Bonchev–Trinajstić information content (AvgIpc) is 2.29. The molecule has 3 nitrogen and oxygen atoms in total. The second kappa shape index (κ2) is 6.63. The summed E-state index contributed by atoms with van der Waals surface area (Å²) in [6, 6.07) is 7.85. The van der Waals surface area contributed by atoms with E-state index < -0.39 is 5.97 Å². The Bertz CT molecular complexity index is 404. The van der Waals surface area contributed by atoms with Crippen LogP contribution in [-0.2, 0) is 20.7 Å². The summed E-state index contributed by atoms with van der Waals surface area (Å²) in [5.74, 6) is -0.634. The Morgan fingerprint density at radius 1 is 1.29 bits per heavy atom. The molecule has 0 atom stereocenters. The molecule has 0 aromatic heterocycles. The Labute approximate surface area is 101 Å². The first-order valence-corrected chi connectivity index (χ1v) is 5.48. The number of hydrogen-bond acceptors (Lipinski definition) is 3. The van der Waals surface area contributed by atoms with Crippen LogP contribution in [0.1, 0.15) is 24.5 Å². The van der Waals surface area contributed by atoms with Gasteiger partial charge in [0.15, 0.2) is 0 Å². The van der Waals surface area contributed by atoms with Gasteiger partial charge in [0.1, 0.15) is 12.2 Å². The highest BCUT2D eigenvalue weighted by atomic mass is 16.5. The normalized spacial score (nSPS) is 9.71. The van der Waals surface area contributed by atoms with Gasteiger partial charge in [-0.3, -0.25) is 9.59 Å². The summed E-state index contributed by atoms with van der Waals surface area (Å²) < 4.78 is 4.93. The molecule has 0 aliphatic heterocycles. The molecular weight excluding hydrogens is 216 g/mol. The monoisotopic (exact) mass is 232 g/mol. The van der Waals surface area contributed by atoms with Gasteiger partial charge in [-0.1, -0.05) is 36.9 Å². The predicted octanol–water partition coefficient (Wildman–Crippen LogP) is 2.39. The fourth-order valence-electron chi connectivity index (χ4n) is 1.36. The highest BCUT2D eigenvalue weighted by Crippen LogP contribution is 2.06. The molecule has 3 heteroatoms. The van der Waals surface area contributed by atoms with Gasteiger partial charge in [0, 0.05) is 6.42 Å². The Kier molecular flexibility index (Phi) is 5.14. The van der Waals surface area contributed by atoms with E-state index in [9.17, 15) is 9.59 Å². The number of ketones is 1. The molecule has 0 radical (unpaired) electrons. The van der Waals surface area contributed by atoms with Crippen LogP contribution < -0.4 is 0 Å². The molecule has 0 aliphatic rings. The lowest BCUT2D eigenvalue weighted by atomic mass is 10.1. The summed E-state index contributed by atoms with van der Waals surface area (Å²) in [5.41, 5.74) is 2.15. The second-order valence-electron chi connectivity index (χ2n) is 3.79. The van der Waals surface area contributed by atoms with Crippen molar-refractivity contribution in [1.82, 2.24) is 0 Å². The number of rotatable bonds is 6. The van der Waals surface area contributed by atoms with E-state index in [1.54, 1.807) is 6.08 Å². The average molecular weight is 232 g/mol. The van der Waals surface area contributed by atoms with Crippen LogP contribution in [0.4, 0.5) is 0 Å². The minimum atomic E-state index is -0.458. The number of hydrogen-bond donors (Lipinski definition) is 0. The lowest BCUT2D eigenvalue weighted by molar-refractivity contribution is -0.145. The molecule has 0 aliphatic carbocycles. The van der Waals surface area contributed by atoms with E-state index in [0.717, 1.165) is 11.1 Å². The Hall–Kier alpha value is -1.90. The maximum Gasteiger partial charge on any atom is 0.313 e. The summed E-state index contributed by atoms with van der Waals surface area (Å²) in [7, 11) is 0. The van der Waals surface area contributed by atoms with E-state index >= 15 is 0 Å². The zero-order valence-electron chi connectivity index (χ0n) is 9.94. The van der Waals surface area contributed by atoms with Crippen LogP contribution in [-0.4, -0.2) is 18.4 Å². The van der Waals surface area contributed by atoms with Crippen LogP contribution in [0.2, 0.25) is 0 Å². The first-order valence-electron chi connectivity index (χ1n) is 5.48. The number of benzene rings is 1. The summed E-state index contributed by atoms with van der Waals surface area (Å²) in [6.07, 6.45) is 2.28. The minimum Gasteiger partial charge on any atom is -0.465 e. The molecule has 0 saturated carbocycles. The van der Waals surface area contributed by atoms with Gasteiger partial charge in [-0.2, -0.15) is 0 Å². The van der Waals surface area contributed by atoms with Gasteiger partial charge in [-0.25, -0.2) is 0 Å². The van der Waals surface area contributed by atoms with Crippen LogP contribution in [0.25, 0.3) is 6.08 Å². The maximum absolute atomic E-state index is 11.1. The minimum absolute atomic E-state index is 0.143. The summed E-state index contributed by atoms with van der Waals surface area (Å²) >= 11 is 0. The largest absolute Gasteiger partial charge is 0.465 e. The lowest BCUT2D eigenvalue weighted by Crippen LogP contribution is -2.10. The summed E-state index contributed by atoms with van der Waals surface area (Å²) in [6.45, 7) is 5.35. The fraction of sp³-hybridized carbons (Fsp3) is 0.286. The molecule has 0 bridgehead atoms. The number of esters is 1. The predicted molar refractivity (Wildman–Crippen MR) is 66.5 cm³/mol. The third-order valence-electron chi connectivity index (χ3n) is 2.26. The van der Waals surface area contributed by atoms with E-state index in [2.05, 4.69) is 6.58 Å². The van der Waals surface area contributed by atoms with E-state index in [1.165, 1.54) is 6.92 Å². The van der Waals surface area contributed by atoms with Crippen molar-refractivity contribution in [3.63, 3.8) is 0 Å². The molecule has 0 spiro atoms. The Morgan fingerprint density at radius 2 is 1.94 bits per heavy atom. The lowest BCUT2D eigenvalue weighted by Gasteiger charge is -2.04. The van der Waals surface area contributed by atoms with Gasteiger partial charge < -0.3 is 4.74 Å². The van der Waals surface area contributed by atoms with Gasteiger partial charge in [0.25, 0.3) is 0 Å². The van der Waals surface area contributed by atoms with Crippen molar-refractivity contribution < 1.29 is 14.3 Å². The highest BCUT2D eigenvalue weighted by molar-refractivity contribution is 5.94. The molecule has 90 valence electrons. The quantitative estimate of drug-likeness (QED) is 0.558. The van der Waals surface area contributed by atoms with Crippen LogP contribution in [0, 0.1) is 0 Å². The smallest absolute Gasteiger partial charge is 0.313 e. The topological polar surface area (TPSA) is 43.4 Å². The number of Topliss-reactive ketones (excluding diaryl/α,β-unsaturated/α-hetero) is 1. The van der Waals surface area contributed by atoms with Crippen molar-refractivity contribution in [2.24, 2.45) is 0 Å². The van der Waals surface area contributed by atoms with Crippen molar-refractivity contribution in [3.05, 3.63) is 42.0 Å². The van der Waals surface area contributed by atoms with E-state index in [0.29, 0.717) is 13.0 Å². The van der Waals surface area contributed by atoms with Gasteiger partial charge in [0.2, 0.25) is 0 Å². The first kappa shape index (κ1) is 13.2. The molecule has 0 unspecified atom stereocenters. The van der Waals surface area contributed by atoms with Gasteiger partial charge >= 0.3 is 5.97 Å². The molecule has 0 N–H and O–H groups in total. The van der Waals surface area contributed by atoms with Gasteiger partial charge in [-0.15, -0.1) is 0 Å². The molecule has 0 amide bonds. The molecule has 0 saturated heterocycles. The number of ether oxygens (including phenoxy) is 1. The number of carbonyl (C=O) groups is 2. The van der Waals surface area contributed by atoms with Crippen molar-refractivity contribution in [2.45, 2.75) is 19.8 Å². The summed E-state index contributed by atoms with van der Waals surface area (Å²) in [5, 5.41) is 0. The molecule has 1 aromatic rings. The second-order valence-corrected chi connectivity index (χ2v) is 3.79. The van der Waals surface area contributed by atoms with Crippen molar-refractivity contribution in [1.29, 1.82) is 0 Å². The third-order valence-corrected chi connectivity index (χ3v) is 2.26. The van der Waals surface area contributed by atoms with Crippen LogP contribution >= 0.6 is 0 Å². The maximum atomic E-state index is 11.1. The van der Waals surface area contributed by atoms with Crippen LogP contribution in [0.3, 0.4) is 0 Å². The fourth-order valence-corrected chi connectivity index (χ4v) is 1.36. The molecule has 1 rings (SSSR count). The zero-order chi connectivity index (χ0) is 12.7. The van der Waals surface area contributed by atoms with E-state index in [1.807, 2.05) is 24.3 Å². The standard InChI is InChI=1S/C14H16O3/c1-3-12-4-6-13(7-5-12)8-9-17-14(16)10-11(2)15/h3-7H,1,8-10H2,2H3. The SMILES string of the molecule is C=Cc1ccc(CCOC(=O)CC(C)=O)cc1. The van der Waals surface area contributed by atoms with E-state index in [4.69, 9.17) is 4.74 Å².